The number of ether oxygens (including phenoxy) is 2. The third-order valence-electron chi connectivity index (χ3n) is 5.17. The molecule has 0 unspecified atom stereocenters. The third-order valence-corrected chi connectivity index (χ3v) is 5.17. The van der Waals surface area contributed by atoms with Gasteiger partial charge < -0.3 is 19.7 Å². The highest BCUT2D eigenvalue weighted by atomic mass is 16.5. The molecule has 180 valence electrons. The Bertz CT molecular complexity index is 826. The van der Waals surface area contributed by atoms with E-state index in [1.807, 2.05) is 24.3 Å². The van der Waals surface area contributed by atoms with E-state index < -0.39 is 11.9 Å². The van der Waals surface area contributed by atoms with Crippen LogP contribution in [0.1, 0.15) is 25.3 Å². The molecular weight excluding hydrogens is 424 g/mol. The van der Waals surface area contributed by atoms with Crippen LogP contribution in [0.2, 0.25) is 0 Å². The number of unbranched alkanes of at least 4 members (excludes halogenated alkanes) is 1. The summed E-state index contributed by atoms with van der Waals surface area (Å²) < 4.78 is 11.9. The van der Waals surface area contributed by atoms with Crippen molar-refractivity contribution in [1.82, 2.24) is 9.80 Å². The van der Waals surface area contributed by atoms with Crippen LogP contribution in [-0.4, -0.2) is 77.9 Å². The molecule has 0 atom stereocenters. The number of carbonyl (C=O) groups is 2. The Morgan fingerprint density at radius 3 is 1.85 bits per heavy atom. The number of piperazine rings is 1. The lowest BCUT2D eigenvalue weighted by atomic mass is 10.2. The van der Waals surface area contributed by atoms with Gasteiger partial charge in [0, 0.05) is 39.3 Å². The smallest absolute Gasteiger partial charge is 0.414 e. The Morgan fingerprint density at radius 2 is 1.30 bits per heavy atom. The standard InChI is InChI=1S/C23H32N2O2.C2H2O4/c1-2-3-18-26-22-11-7-8-12-23(22)27-19-17-24-13-15-25(16-14-24)20-21-9-5-4-6-10-21;3-1(4)2(5)6/h4-12H,2-3,13-20H2,1H3;(H,3,4)(H,5,6). The number of carboxylic acid groups (broad SMARTS) is 2. The molecule has 0 saturated carbocycles. The van der Waals surface area contributed by atoms with Gasteiger partial charge in [0.15, 0.2) is 11.5 Å². The largest absolute Gasteiger partial charge is 0.490 e. The number of aliphatic carboxylic acids is 2. The fourth-order valence-electron chi connectivity index (χ4n) is 3.31. The number of carboxylic acids is 2. The predicted octanol–water partition coefficient (Wildman–Crippen LogP) is 3.22. The minimum absolute atomic E-state index is 0.701. The van der Waals surface area contributed by atoms with E-state index in [0.29, 0.717) is 6.61 Å². The average molecular weight is 459 g/mol. The van der Waals surface area contributed by atoms with Gasteiger partial charge in [0.2, 0.25) is 0 Å². The van der Waals surface area contributed by atoms with Crippen LogP contribution in [-0.2, 0) is 16.1 Å². The van der Waals surface area contributed by atoms with Crippen molar-refractivity contribution in [3.63, 3.8) is 0 Å². The number of benzene rings is 2. The zero-order chi connectivity index (χ0) is 23.9. The molecule has 1 aliphatic heterocycles. The first-order valence-corrected chi connectivity index (χ1v) is 11.3. The van der Waals surface area contributed by atoms with Crippen molar-refractivity contribution in [1.29, 1.82) is 0 Å². The highest BCUT2D eigenvalue weighted by molar-refractivity contribution is 6.27. The number of para-hydroxylation sites is 2. The topological polar surface area (TPSA) is 99.5 Å². The minimum Gasteiger partial charge on any atom is -0.490 e. The number of rotatable bonds is 10. The summed E-state index contributed by atoms with van der Waals surface area (Å²) in [6.07, 6.45) is 2.21. The zero-order valence-corrected chi connectivity index (χ0v) is 19.2. The molecule has 0 bridgehead atoms. The van der Waals surface area contributed by atoms with Gasteiger partial charge in [0.25, 0.3) is 0 Å². The number of hydrogen-bond acceptors (Lipinski definition) is 6. The number of nitrogens with zero attached hydrogens (tertiary/aromatic N) is 2. The second kappa shape index (κ2) is 14.9. The van der Waals surface area contributed by atoms with Crippen LogP contribution in [0.25, 0.3) is 0 Å². The van der Waals surface area contributed by atoms with Gasteiger partial charge in [-0.3, -0.25) is 9.80 Å². The molecule has 8 nitrogen and oxygen atoms in total. The van der Waals surface area contributed by atoms with Gasteiger partial charge in [-0.2, -0.15) is 0 Å². The molecule has 1 saturated heterocycles. The summed E-state index contributed by atoms with van der Waals surface area (Å²) in [6.45, 7) is 10.1. The third kappa shape index (κ3) is 10.4. The Balaban J connectivity index is 0.000000569. The molecule has 0 aliphatic carbocycles. The fraction of sp³-hybridized carbons (Fsp3) is 0.440. The lowest BCUT2D eigenvalue weighted by molar-refractivity contribution is -0.159. The lowest BCUT2D eigenvalue weighted by Gasteiger charge is -2.34. The van der Waals surface area contributed by atoms with Crippen LogP contribution < -0.4 is 9.47 Å². The first-order chi connectivity index (χ1) is 16.0. The van der Waals surface area contributed by atoms with E-state index in [4.69, 9.17) is 29.3 Å². The van der Waals surface area contributed by atoms with E-state index in [1.165, 1.54) is 5.56 Å². The summed E-state index contributed by atoms with van der Waals surface area (Å²) >= 11 is 0. The molecule has 2 aromatic carbocycles. The fourth-order valence-corrected chi connectivity index (χ4v) is 3.31. The van der Waals surface area contributed by atoms with E-state index in [0.717, 1.165) is 70.2 Å². The first-order valence-electron chi connectivity index (χ1n) is 11.3. The summed E-state index contributed by atoms with van der Waals surface area (Å²) in [5.74, 6) is -1.93. The van der Waals surface area contributed by atoms with Crippen molar-refractivity contribution in [2.45, 2.75) is 26.3 Å². The van der Waals surface area contributed by atoms with Crippen molar-refractivity contribution in [3.05, 3.63) is 60.2 Å². The SMILES string of the molecule is CCCCOc1ccccc1OCCN1CCN(Cc2ccccc2)CC1.O=C(O)C(=O)O. The summed E-state index contributed by atoms with van der Waals surface area (Å²) in [5.41, 5.74) is 1.40. The van der Waals surface area contributed by atoms with Crippen LogP contribution in [0.4, 0.5) is 0 Å². The Hall–Kier alpha value is -3.10. The van der Waals surface area contributed by atoms with Crippen molar-refractivity contribution < 1.29 is 29.3 Å². The van der Waals surface area contributed by atoms with Crippen LogP contribution in [0.15, 0.2) is 54.6 Å². The van der Waals surface area contributed by atoms with Gasteiger partial charge in [0.1, 0.15) is 6.61 Å². The van der Waals surface area contributed by atoms with Gasteiger partial charge in [-0.15, -0.1) is 0 Å². The highest BCUT2D eigenvalue weighted by Crippen LogP contribution is 2.26. The molecule has 1 aliphatic rings. The van der Waals surface area contributed by atoms with Gasteiger partial charge in [-0.25, -0.2) is 9.59 Å². The molecule has 0 aromatic heterocycles. The minimum atomic E-state index is -1.82. The molecule has 0 amide bonds. The van der Waals surface area contributed by atoms with Crippen molar-refractivity contribution >= 4 is 11.9 Å². The molecule has 0 spiro atoms. The van der Waals surface area contributed by atoms with Crippen LogP contribution in [0.5, 0.6) is 11.5 Å². The van der Waals surface area contributed by atoms with Gasteiger partial charge in [0.05, 0.1) is 6.61 Å². The summed E-state index contributed by atoms with van der Waals surface area (Å²) in [7, 11) is 0. The van der Waals surface area contributed by atoms with Crippen LogP contribution in [0, 0.1) is 0 Å². The van der Waals surface area contributed by atoms with Gasteiger partial charge in [-0.05, 0) is 24.1 Å². The Labute approximate surface area is 195 Å². The molecule has 1 fully saturated rings. The monoisotopic (exact) mass is 458 g/mol. The second-order valence-electron chi connectivity index (χ2n) is 7.71. The van der Waals surface area contributed by atoms with Crippen molar-refractivity contribution in [3.8, 4) is 11.5 Å². The molecule has 1 heterocycles. The van der Waals surface area contributed by atoms with E-state index in [-0.39, 0.29) is 0 Å². The molecule has 33 heavy (non-hydrogen) atoms. The van der Waals surface area contributed by atoms with Gasteiger partial charge >= 0.3 is 11.9 Å². The lowest BCUT2D eigenvalue weighted by Crippen LogP contribution is -2.47. The maximum Gasteiger partial charge on any atom is 0.414 e. The van der Waals surface area contributed by atoms with E-state index in [9.17, 15) is 0 Å². The number of hydrogen-bond donors (Lipinski definition) is 2. The molecule has 2 N–H and O–H groups in total. The van der Waals surface area contributed by atoms with E-state index in [2.05, 4.69) is 47.1 Å². The molecule has 0 radical (unpaired) electrons. The zero-order valence-electron chi connectivity index (χ0n) is 19.2. The average Bonchev–Trinajstić information content (AvgIpc) is 2.82. The van der Waals surface area contributed by atoms with Crippen LogP contribution >= 0.6 is 0 Å². The van der Waals surface area contributed by atoms with Crippen LogP contribution in [0.3, 0.4) is 0 Å². The summed E-state index contributed by atoms with van der Waals surface area (Å²) in [6, 6.07) is 18.7. The predicted molar refractivity (Wildman–Crippen MR) is 126 cm³/mol. The normalized spacial score (nSPS) is 14.1. The summed E-state index contributed by atoms with van der Waals surface area (Å²) in [4.78, 5) is 23.2. The first kappa shape index (κ1) is 26.2. The molecule has 2 aromatic rings. The molecule has 8 heteroatoms. The molecular formula is C25H34N2O6. The maximum atomic E-state index is 9.10. The van der Waals surface area contributed by atoms with Crippen molar-refractivity contribution in [2.24, 2.45) is 0 Å². The maximum absolute atomic E-state index is 9.10. The quantitative estimate of drug-likeness (QED) is 0.414. The highest BCUT2D eigenvalue weighted by Gasteiger charge is 2.17. The van der Waals surface area contributed by atoms with Crippen molar-refractivity contribution in [2.75, 3.05) is 45.9 Å². The second-order valence-corrected chi connectivity index (χ2v) is 7.71. The Morgan fingerprint density at radius 1 is 0.788 bits per heavy atom. The Kier molecular flexibility index (Phi) is 11.8. The van der Waals surface area contributed by atoms with E-state index >= 15 is 0 Å². The van der Waals surface area contributed by atoms with Gasteiger partial charge in [-0.1, -0.05) is 55.8 Å². The van der Waals surface area contributed by atoms with E-state index in [1.54, 1.807) is 0 Å². The molecule has 3 rings (SSSR count). The summed E-state index contributed by atoms with van der Waals surface area (Å²) in [5, 5.41) is 14.8.